The molecule has 5 heteroatoms. The molecule has 0 fully saturated rings. The van der Waals surface area contributed by atoms with Crippen LogP contribution in [0.2, 0.25) is 5.15 Å². The quantitative estimate of drug-likeness (QED) is 0.915. The minimum atomic E-state index is -0.191. The molecule has 4 nitrogen and oxygen atoms in total. The number of rotatable bonds is 3. The van der Waals surface area contributed by atoms with E-state index in [9.17, 15) is 0 Å². The van der Waals surface area contributed by atoms with Crippen molar-refractivity contribution < 1.29 is 4.42 Å². The van der Waals surface area contributed by atoms with Gasteiger partial charge in [0.2, 0.25) is 0 Å². The Bertz CT molecular complexity index is 530. The maximum atomic E-state index is 6.17. The zero-order valence-corrected chi connectivity index (χ0v) is 11.0. The lowest BCUT2D eigenvalue weighted by atomic mass is 10.1. The van der Waals surface area contributed by atoms with E-state index < -0.39 is 0 Å². The van der Waals surface area contributed by atoms with Crippen molar-refractivity contribution in [1.82, 2.24) is 9.78 Å². The standard InChI is InChI=1S/C12H16ClN3O/c1-7-4-5-11(17-7)10(14)6-9-8(2)15-16(3)12(9)13/h4-5,10H,6,14H2,1-3H3. The first kappa shape index (κ1) is 12.2. The average Bonchev–Trinajstić information content (AvgIpc) is 2.79. The van der Waals surface area contributed by atoms with E-state index in [1.165, 1.54) is 0 Å². The van der Waals surface area contributed by atoms with Gasteiger partial charge in [-0.2, -0.15) is 5.10 Å². The van der Waals surface area contributed by atoms with E-state index in [1.54, 1.807) is 4.68 Å². The number of aromatic nitrogens is 2. The summed E-state index contributed by atoms with van der Waals surface area (Å²) in [7, 11) is 1.82. The lowest BCUT2D eigenvalue weighted by Crippen LogP contribution is -2.13. The Balaban J connectivity index is 2.21. The van der Waals surface area contributed by atoms with Crippen LogP contribution >= 0.6 is 11.6 Å². The summed E-state index contributed by atoms with van der Waals surface area (Å²) in [6.45, 7) is 3.83. The molecule has 0 saturated carbocycles. The molecular formula is C12H16ClN3O. The molecule has 0 aliphatic rings. The predicted molar refractivity (Wildman–Crippen MR) is 67.0 cm³/mol. The van der Waals surface area contributed by atoms with E-state index in [4.69, 9.17) is 21.8 Å². The van der Waals surface area contributed by atoms with Gasteiger partial charge in [0.05, 0.1) is 11.7 Å². The first-order valence-corrected chi connectivity index (χ1v) is 5.86. The second-order valence-electron chi connectivity index (χ2n) is 4.24. The van der Waals surface area contributed by atoms with Crippen molar-refractivity contribution in [3.8, 4) is 0 Å². The minimum Gasteiger partial charge on any atom is -0.465 e. The highest BCUT2D eigenvalue weighted by molar-refractivity contribution is 6.30. The summed E-state index contributed by atoms with van der Waals surface area (Å²) in [5, 5.41) is 4.90. The van der Waals surface area contributed by atoms with E-state index in [0.29, 0.717) is 11.6 Å². The summed E-state index contributed by atoms with van der Waals surface area (Å²) in [5.74, 6) is 1.64. The Morgan fingerprint density at radius 2 is 2.18 bits per heavy atom. The Hall–Kier alpha value is -1.26. The largest absolute Gasteiger partial charge is 0.465 e. The number of furan rings is 1. The van der Waals surface area contributed by atoms with Gasteiger partial charge in [-0.25, -0.2) is 0 Å². The minimum absolute atomic E-state index is 0.191. The van der Waals surface area contributed by atoms with E-state index >= 15 is 0 Å². The first-order valence-electron chi connectivity index (χ1n) is 5.49. The summed E-state index contributed by atoms with van der Waals surface area (Å²) >= 11 is 6.17. The summed E-state index contributed by atoms with van der Waals surface area (Å²) in [6, 6.07) is 3.62. The van der Waals surface area contributed by atoms with Gasteiger partial charge < -0.3 is 10.2 Å². The van der Waals surface area contributed by atoms with Crippen molar-refractivity contribution >= 4 is 11.6 Å². The molecular weight excluding hydrogens is 238 g/mol. The zero-order valence-electron chi connectivity index (χ0n) is 10.2. The highest BCUT2D eigenvalue weighted by Crippen LogP contribution is 2.25. The Morgan fingerprint density at radius 3 is 2.65 bits per heavy atom. The Morgan fingerprint density at radius 1 is 1.47 bits per heavy atom. The lowest BCUT2D eigenvalue weighted by molar-refractivity contribution is 0.444. The third kappa shape index (κ3) is 2.37. The highest BCUT2D eigenvalue weighted by atomic mass is 35.5. The van der Waals surface area contributed by atoms with Gasteiger partial charge in [-0.15, -0.1) is 0 Å². The van der Waals surface area contributed by atoms with Crippen LogP contribution in [0, 0.1) is 13.8 Å². The van der Waals surface area contributed by atoms with Crippen LogP contribution in [0.3, 0.4) is 0 Å². The van der Waals surface area contributed by atoms with Crippen LogP contribution in [0.4, 0.5) is 0 Å². The van der Waals surface area contributed by atoms with Crippen molar-refractivity contribution in [3.05, 3.63) is 40.1 Å². The van der Waals surface area contributed by atoms with Crippen molar-refractivity contribution in [2.75, 3.05) is 0 Å². The third-order valence-electron chi connectivity index (χ3n) is 2.82. The molecule has 2 rings (SSSR count). The number of hydrogen-bond donors (Lipinski definition) is 1. The van der Waals surface area contributed by atoms with Crippen molar-refractivity contribution in [2.24, 2.45) is 12.8 Å². The number of aryl methyl sites for hydroxylation is 3. The molecule has 0 bridgehead atoms. The fourth-order valence-electron chi connectivity index (χ4n) is 1.88. The molecule has 92 valence electrons. The molecule has 0 amide bonds. The normalized spacial score (nSPS) is 13.0. The predicted octanol–water partition coefficient (Wildman–Crippen LogP) is 2.53. The molecule has 2 heterocycles. The molecule has 17 heavy (non-hydrogen) atoms. The second kappa shape index (κ2) is 4.55. The number of nitrogens with two attached hydrogens (primary N) is 1. The zero-order chi connectivity index (χ0) is 12.6. The fourth-order valence-corrected chi connectivity index (χ4v) is 2.13. The maximum Gasteiger partial charge on any atom is 0.130 e. The van der Waals surface area contributed by atoms with Crippen LogP contribution < -0.4 is 5.73 Å². The van der Waals surface area contributed by atoms with Gasteiger partial charge in [0.15, 0.2) is 0 Å². The van der Waals surface area contributed by atoms with Gasteiger partial charge in [0.25, 0.3) is 0 Å². The molecule has 0 aliphatic carbocycles. The first-order chi connectivity index (χ1) is 7.99. The Labute approximate surface area is 105 Å². The van der Waals surface area contributed by atoms with E-state index in [0.717, 1.165) is 22.8 Å². The summed E-state index contributed by atoms with van der Waals surface area (Å²) in [4.78, 5) is 0. The molecule has 0 saturated heterocycles. The van der Waals surface area contributed by atoms with Gasteiger partial charge in [0, 0.05) is 12.6 Å². The second-order valence-corrected chi connectivity index (χ2v) is 4.60. The monoisotopic (exact) mass is 253 g/mol. The summed E-state index contributed by atoms with van der Waals surface area (Å²) in [6.07, 6.45) is 0.630. The van der Waals surface area contributed by atoms with E-state index in [2.05, 4.69) is 5.10 Å². The van der Waals surface area contributed by atoms with Crippen LogP contribution in [-0.2, 0) is 13.5 Å². The molecule has 0 spiro atoms. The molecule has 2 aromatic rings. The van der Waals surface area contributed by atoms with E-state index in [1.807, 2.05) is 33.0 Å². The van der Waals surface area contributed by atoms with Crippen LogP contribution in [0.25, 0.3) is 0 Å². The molecule has 0 aromatic carbocycles. The topological polar surface area (TPSA) is 57.0 Å². The summed E-state index contributed by atoms with van der Waals surface area (Å²) in [5.41, 5.74) is 7.99. The van der Waals surface area contributed by atoms with Gasteiger partial charge >= 0.3 is 0 Å². The van der Waals surface area contributed by atoms with E-state index in [-0.39, 0.29) is 6.04 Å². The molecule has 1 atom stereocenters. The van der Waals surface area contributed by atoms with Gasteiger partial charge in [-0.1, -0.05) is 11.6 Å². The highest BCUT2D eigenvalue weighted by Gasteiger charge is 2.17. The molecule has 1 unspecified atom stereocenters. The fraction of sp³-hybridized carbons (Fsp3) is 0.417. The van der Waals surface area contributed by atoms with Gasteiger partial charge in [-0.3, -0.25) is 4.68 Å². The number of nitrogens with zero attached hydrogens (tertiary/aromatic N) is 2. The van der Waals surface area contributed by atoms with Crippen LogP contribution in [0.15, 0.2) is 16.5 Å². The average molecular weight is 254 g/mol. The van der Waals surface area contributed by atoms with Gasteiger partial charge in [0.1, 0.15) is 16.7 Å². The maximum absolute atomic E-state index is 6.17. The van der Waals surface area contributed by atoms with Crippen molar-refractivity contribution in [3.63, 3.8) is 0 Å². The summed E-state index contributed by atoms with van der Waals surface area (Å²) < 4.78 is 7.17. The molecule has 2 N–H and O–H groups in total. The number of halogens is 1. The van der Waals surface area contributed by atoms with Gasteiger partial charge in [-0.05, 0) is 32.4 Å². The molecule has 0 radical (unpaired) electrons. The van der Waals surface area contributed by atoms with Crippen LogP contribution in [0.1, 0.15) is 28.8 Å². The number of hydrogen-bond acceptors (Lipinski definition) is 3. The van der Waals surface area contributed by atoms with Crippen molar-refractivity contribution in [1.29, 1.82) is 0 Å². The lowest BCUT2D eigenvalue weighted by Gasteiger charge is -2.08. The molecule has 0 aliphatic heterocycles. The smallest absolute Gasteiger partial charge is 0.130 e. The van der Waals surface area contributed by atoms with Crippen molar-refractivity contribution in [2.45, 2.75) is 26.3 Å². The SMILES string of the molecule is Cc1ccc(C(N)Cc2c(C)nn(C)c2Cl)o1. The third-order valence-corrected chi connectivity index (χ3v) is 3.29. The van der Waals surface area contributed by atoms with Crippen LogP contribution in [-0.4, -0.2) is 9.78 Å². The van der Waals surface area contributed by atoms with Crippen LogP contribution in [0.5, 0.6) is 0 Å². The Kier molecular flexibility index (Phi) is 3.26. The molecule has 2 aromatic heterocycles.